The summed E-state index contributed by atoms with van der Waals surface area (Å²) in [5.41, 5.74) is 28.0. The van der Waals surface area contributed by atoms with Crippen LogP contribution in [0.2, 0.25) is 0 Å². The van der Waals surface area contributed by atoms with Crippen LogP contribution in [-0.2, 0) is 70.3 Å². The van der Waals surface area contributed by atoms with E-state index in [2.05, 4.69) is 107 Å². The third-order valence-corrected chi connectivity index (χ3v) is 21.0. The number of hydrogen-bond donors (Lipinski definition) is 16. The van der Waals surface area contributed by atoms with Gasteiger partial charge in [0.15, 0.2) is 5.96 Å². The highest BCUT2D eigenvalue weighted by atomic mass is 16.6. The average molecular weight is 1660 g/mol. The van der Waals surface area contributed by atoms with Gasteiger partial charge in [-0.15, -0.1) is 0 Å². The van der Waals surface area contributed by atoms with Crippen LogP contribution in [0.15, 0.2) is 90.1 Å². The SMILES string of the molecule is CCCCCCCC/C=C/CCCCCCCC(=O)NCCCNC(=O)C1NN(CC(=O)N[C@@H](CCCC)C(=O)N[C@@H](C)C(=O)N[C@@H](CCCCN)C(=O)N[C@H](Cc2ccccc2)C(=O)N[C@@H](CCCN=C(N)N)C(=O)N[C@@H](Cc2c[nH]c3ccccc23)C(N)=O)C(C(=O)NCCCNC(=O)CCCCCCC/C=C/CCCCCCCC)O1. The van der Waals surface area contributed by atoms with E-state index in [1.54, 1.807) is 36.5 Å². The van der Waals surface area contributed by atoms with E-state index in [-0.39, 0.29) is 82.5 Å². The van der Waals surface area contributed by atoms with Gasteiger partial charge in [-0.3, -0.25) is 57.7 Å². The summed E-state index contributed by atoms with van der Waals surface area (Å²) in [6.07, 6.45) is 41.9. The van der Waals surface area contributed by atoms with Crippen molar-refractivity contribution >= 4 is 81.8 Å². The second-order valence-corrected chi connectivity index (χ2v) is 31.4. The predicted molar refractivity (Wildman–Crippen MR) is 470 cm³/mol. The number of unbranched alkanes of at least 4 members (excludes halogenated alkanes) is 24. The number of amides is 11. The number of carbonyl (C=O) groups excluding carboxylic acids is 11. The quantitative estimate of drug-likeness (QED) is 0.0109. The molecule has 11 amide bonds. The maximum atomic E-state index is 14.7. The summed E-state index contributed by atoms with van der Waals surface area (Å²) in [7, 11) is 0. The van der Waals surface area contributed by atoms with E-state index in [0.29, 0.717) is 75.6 Å². The Morgan fingerprint density at radius 2 is 0.908 bits per heavy atom. The first-order valence-corrected chi connectivity index (χ1v) is 44.7. The van der Waals surface area contributed by atoms with Gasteiger partial charge in [0.25, 0.3) is 11.8 Å². The molecule has 30 nitrogen and oxygen atoms in total. The molecule has 0 saturated carbocycles. The van der Waals surface area contributed by atoms with Crippen molar-refractivity contribution in [1.29, 1.82) is 0 Å². The summed E-state index contributed by atoms with van der Waals surface area (Å²) in [5, 5.41) is 29.9. The van der Waals surface area contributed by atoms with Crippen LogP contribution in [0, 0.1) is 0 Å². The van der Waals surface area contributed by atoms with E-state index >= 15 is 0 Å². The molecule has 0 bridgehead atoms. The Morgan fingerprint density at radius 1 is 0.454 bits per heavy atom. The molecule has 2 aromatic carbocycles. The first-order chi connectivity index (χ1) is 57.7. The van der Waals surface area contributed by atoms with Gasteiger partial charge in [0.05, 0.1) is 6.54 Å². The number of fused-ring (bicyclic) bond motifs is 1. The van der Waals surface area contributed by atoms with Gasteiger partial charge in [-0.05, 0) is 146 Å². The highest BCUT2D eigenvalue weighted by Crippen LogP contribution is 2.21. The Bertz CT molecular complexity index is 3520. The lowest BCUT2D eigenvalue weighted by Crippen LogP contribution is -2.60. The molecule has 1 aromatic heterocycles. The molecule has 2 heterocycles. The normalized spacial score (nSPS) is 14.9. The van der Waals surface area contributed by atoms with Crippen LogP contribution in [0.4, 0.5) is 0 Å². The van der Waals surface area contributed by atoms with Crippen molar-refractivity contribution in [3.8, 4) is 0 Å². The summed E-state index contributed by atoms with van der Waals surface area (Å²) in [6.45, 7) is 8.40. The number of carbonyl (C=O) groups is 11. The van der Waals surface area contributed by atoms with Crippen molar-refractivity contribution < 1.29 is 57.5 Å². The molecule has 0 aliphatic carbocycles. The zero-order valence-electron chi connectivity index (χ0n) is 72.0. The zero-order valence-corrected chi connectivity index (χ0v) is 72.0. The summed E-state index contributed by atoms with van der Waals surface area (Å²) in [4.78, 5) is 160. The van der Waals surface area contributed by atoms with Crippen LogP contribution in [0.3, 0.4) is 0 Å². The van der Waals surface area contributed by atoms with Crippen molar-refractivity contribution in [2.45, 2.75) is 333 Å². The van der Waals surface area contributed by atoms with Gasteiger partial charge in [-0.2, -0.15) is 5.01 Å². The second-order valence-electron chi connectivity index (χ2n) is 31.4. The minimum atomic E-state index is -1.52. The molecular weight excluding hydrogens is 1510 g/mol. The number of ether oxygens (including phenoxy) is 1. The molecule has 20 N–H and O–H groups in total. The van der Waals surface area contributed by atoms with Gasteiger partial charge in [-0.1, -0.05) is 209 Å². The minimum absolute atomic E-state index is 0.0127. The highest BCUT2D eigenvalue weighted by Gasteiger charge is 2.42. The van der Waals surface area contributed by atoms with Crippen molar-refractivity contribution in [1.82, 2.24) is 68.6 Å². The first kappa shape index (κ1) is 102. The van der Waals surface area contributed by atoms with Gasteiger partial charge in [0.1, 0.15) is 36.3 Å². The van der Waals surface area contributed by atoms with Crippen LogP contribution >= 0.6 is 0 Å². The molecule has 1 fully saturated rings. The second kappa shape index (κ2) is 63.7. The van der Waals surface area contributed by atoms with Crippen molar-refractivity contribution in [3.63, 3.8) is 0 Å². The summed E-state index contributed by atoms with van der Waals surface area (Å²) < 4.78 is 6.00. The molecule has 3 aromatic rings. The molecule has 2 unspecified atom stereocenters. The molecule has 0 radical (unpaired) electrons. The van der Waals surface area contributed by atoms with Gasteiger partial charge in [0.2, 0.25) is 65.6 Å². The number of guanidine groups is 1. The maximum Gasteiger partial charge on any atom is 0.265 e. The third kappa shape index (κ3) is 45.7. The van der Waals surface area contributed by atoms with Gasteiger partial charge in [0, 0.05) is 75.5 Å². The number of hydrogen-bond acceptors (Lipinski definition) is 16. The van der Waals surface area contributed by atoms with Gasteiger partial charge < -0.3 is 85.8 Å². The summed E-state index contributed by atoms with van der Waals surface area (Å²) in [6, 6.07) is 8.55. The van der Waals surface area contributed by atoms with Crippen molar-refractivity contribution in [2.24, 2.45) is 27.9 Å². The average Bonchev–Trinajstić information content (AvgIpc) is 1.19. The number of aromatic nitrogens is 1. The first-order valence-electron chi connectivity index (χ1n) is 44.7. The number of nitrogens with two attached hydrogens (primary N) is 4. The number of para-hydroxylation sites is 1. The Hall–Kier alpha value is -9.26. The zero-order chi connectivity index (χ0) is 86.5. The van der Waals surface area contributed by atoms with Gasteiger partial charge >= 0.3 is 0 Å². The van der Waals surface area contributed by atoms with Crippen LogP contribution in [0.25, 0.3) is 10.9 Å². The molecule has 8 atom stereocenters. The molecule has 1 aliphatic heterocycles. The van der Waals surface area contributed by atoms with Crippen LogP contribution in [0.1, 0.15) is 283 Å². The molecule has 4 rings (SSSR count). The molecule has 666 valence electrons. The Labute approximate surface area is 707 Å². The standard InChI is InChI=1S/C89H148N18O12/c1-5-8-11-13-15-17-19-21-23-25-27-29-31-33-38-54-76(108)94-58-45-60-96-85(117)87-106-107(88(119-87)86(118)97-61-46-59-95-77(109)55-39-34-32-30-28-26-24-22-20-18-16-14-12-9-6-2)65-78(110)101-71(50-10-7-3)81(113)100-66(4)80(112)102-72(52-42-43-56-90)83(115)105-75(62-67-47-36-35-37-48-67)84(116)103-73(53-44-57-98-89(92)93)82(114)104-74(79(91)111)63-68-64-99-70-51-41-40-49-69(68)70/h21-24,35-37,40-41,47-49,51,64,66,71-75,87-88,99,106H,5-20,25-34,38-39,42-46,50,52-63,65,90H2,1-4H3,(H2,91,111)(H,94,108)(H,95,109)(H,96,117)(H,97,118)(H,100,113)(H,101,110)(H,102,112)(H,103,116)(H,104,114)(H,105,115)(H4,92,93,98)/b23-21+,24-22+/t66-,71-,72-,73-,74-,75+,87?,88?/m0/s1. The number of hydrazine groups is 1. The molecular formula is C89H148N18O12. The van der Waals surface area contributed by atoms with E-state index in [9.17, 15) is 52.7 Å². The van der Waals surface area contributed by atoms with E-state index in [1.165, 1.54) is 84.0 Å². The molecule has 1 saturated heterocycles. The number of rotatable bonds is 69. The van der Waals surface area contributed by atoms with E-state index in [1.807, 2.05) is 31.2 Å². The number of allylic oxidation sites excluding steroid dienone is 4. The Kier molecular flexibility index (Phi) is 54.7. The number of nitrogens with one attached hydrogen (secondary N) is 12. The number of aromatic amines is 1. The molecule has 119 heavy (non-hydrogen) atoms. The Morgan fingerprint density at radius 3 is 1.45 bits per heavy atom. The molecule has 30 heteroatoms. The summed E-state index contributed by atoms with van der Waals surface area (Å²) in [5.74, 6) is -7.05. The summed E-state index contributed by atoms with van der Waals surface area (Å²) >= 11 is 0. The topological polar surface area (TPSA) is 465 Å². The Balaban J connectivity index is 1.39. The third-order valence-electron chi connectivity index (χ3n) is 21.0. The van der Waals surface area contributed by atoms with Crippen molar-refractivity contribution in [2.75, 3.05) is 45.8 Å². The lowest BCUT2D eigenvalue weighted by atomic mass is 10.0. The minimum Gasteiger partial charge on any atom is -0.370 e. The number of H-pyrrole nitrogens is 1. The fraction of sp³-hybridized carbons (Fsp3) is 0.663. The molecule has 0 spiro atoms. The fourth-order valence-corrected chi connectivity index (χ4v) is 13.9. The lowest BCUT2D eigenvalue weighted by molar-refractivity contribution is -0.144. The monoisotopic (exact) mass is 1660 g/mol. The van der Waals surface area contributed by atoms with Crippen molar-refractivity contribution in [3.05, 3.63) is 96.2 Å². The van der Waals surface area contributed by atoms with Crippen LogP contribution in [0.5, 0.6) is 0 Å². The molecule has 1 aliphatic rings. The van der Waals surface area contributed by atoms with Gasteiger partial charge in [-0.25, -0.2) is 5.43 Å². The fourth-order valence-electron chi connectivity index (χ4n) is 13.9. The van der Waals surface area contributed by atoms with Crippen LogP contribution in [-0.4, -0.2) is 175 Å². The lowest BCUT2D eigenvalue weighted by Gasteiger charge is -2.27. The number of primary amides is 1. The maximum absolute atomic E-state index is 14.7. The van der Waals surface area contributed by atoms with E-state index < -0.39 is 108 Å². The van der Waals surface area contributed by atoms with Crippen LogP contribution < -0.4 is 81.5 Å². The number of aliphatic imine (C=N–C) groups is 1. The van der Waals surface area contributed by atoms with E-state index in [0.717, 1.165) is 106 Å². The largest absolute Gasteiger partial charge is 0.370 e. The predicted octanol–water partition coefficient (Wildman–Crippen LogP) is 8.55. The highest BCUT2D eigenvalue weighted by molar-refractivity contribution is 5.97. The number of benzene rings is 2. The van der Waals surface area contributed by atoms with E-state index in [4.69, 9.17) is 27.7 Å². The number of nitrogens with zero attached hydrogens (tertiary/aromatic N) is 2. The smallest absolute Gasteiger partial charge is 0.265 e.